The zero-order valence-corrected chi connectivity index (χ0v) is 40.5. The highest BCUT2D eigenvalue weighted by Crippen LogP contribution is 2.31. The molecule has 0 amide bonds. The summed E-state index contributed by atoms with van der Waals surface area (Å²) in [6.45, 7) is 17.8. The van der Waals surface area contributed by atoms with Crippen molar-refractivity contribution in [3.63, 3.8) is 0 Å². The molecular formula is C49H93NO12. The summed E-state index contributed by atoms with van der Waals surface area (Å²) >= 11 is 0. The van der Waals surface area contributed by atoms with Crippen LogP contribution >= 0.6 is 0 Å². The van der Waals surface area contributed by atoms with Crippen molar-refractivity contribution in [1.82, 2.24) is 4.90 Å². The number of carbonyl (C=O) groups excluding carboxylic acids is 3. The van der Waals surface area contributed by atoms with Crippen molar-refractivity contribution in [3.05, 3.63) is 0 Å². The van der Waals surface area contributed by atoms with Gasteiger partial charge in [0.2, 0.25) is 0 Å². The molecule has 1 heterocycles. The molecule has 0 spiro atoms. The van der Waals surface area contributed by atoms with Gasteiger partial charge in [0.15, 0.2) is 0 Å². The minimum absolute atomic E-state index is 0.0576. The van der Waals surface area contributed by atoms with Crippen LogP contribution in [0, 0.1) is 5.41 Å². The average molecular weight is 888 g/mol. The molecule has 1 aliphatic rings. The smallest absolute Gasteiger partial charge is 0.311 e. The molecule has 0 aliphatic carbocycles. The van der Waals surface area contributed by atoms with Crippen LogP contribution in [0.1, 0.15) is 176 Å². The van der Waals surface area contributed by atoms with Crippen molar-refractivity contribution >= 4 is 17.9 Å². The van der Waals surface area contributed by atoms with Crippen molar-refractivity contribution in [2.75, 3.05) is 99.4 Å². The summed E-state index contributed by atoms with van der Waals surface area (Å²) in [5, 5.41) is 0. The van der Waals surface area contributed by atoms with Gasteiger partial charge in [0, 0.05) is 26.1 Å². The molecule has 3 unspecified atom stereocenters. The van der Waals surface area contributed by atoms with Gasteiger partial charge >= 0.3 is 17.9 Å². The summed E-state index contributed by atoms with van der Waals surface area (Å²) < 4.78 is 51.7. The molecule has 0 N–H and O–H groups in total. The molecule has 13 nitrogen and oxygen atoms in total. The Kier molecular flexibility index (Phi) is 38.1. The van der Waals surface area contributed by atoms with Gasteiger partial charge in [0.05, 0.1) is 64.9 Å². The van der Waals surface area contributed by atoms with E-state index in [9.17, 15) is 14.4 Å². The molecule has 3 atom stereocenters. The normalized spacial score (nSPS) is 15.6. The molecule has 1 aliphatic heterocycles. The summed E-state index contributed by atoms with van der Waals surface area (Å²) in [5.74, 6) is -0.256. The fourth-order valence-corrected chi connectivity index (χ4v) is 7.12. The number of carbonyl (C=O) groups is 3. The van der Waals surface area contributed by atoms with Gasteiger partial charge in [-0.3, -0.25) is 14.4 Å². The van der Waals surface area contributed by atoms with Gasteiger partial charge in [0.1, 0.15) is 24.9 Å². The van der Waals surface area contributed by atoms with Gasteiger partial charge in [-0.15, -0.1) is 0 Å². The van der Waals surface area contributed by atoms with Crippen molar-refractivity contribution in [1.29, 1.82) is 0 Å². The molecule has 62 heavy (non-hydrogen) atoms. The van der Waals surface area contributed by atoms with Gasteiger partial charge in [0.25, 0.3) is 0 Å². The van der Waals surface area contributed by atoms with Crippen LogP contribution in [0.15, 0.2) is 0 Å². The number of hydrogen-bond acceptors (Lipinski definition) is 13. The number of piperidine rings is 1. The van der Waals surface area contributed by atoms with E-state index in [4.69, 9.17) is 42.6 Å². The number of nitrogens with zero attached hydrogens (tertiary/aromatic N) is 1. The lowest BCUT2D eigenvalue weighted by Gasteiger charge is -2.35. The average Bonchev–Trinajstić information content (AvgIpc) is 3.27. The predicted molar refractivity (Wildman–Crippen MR) is 244 cm³/mol. The van der Waals surface area contributed by atoms with Gasteiger partial charge in [-0.25, -0.2) is 0 Å². The van der Waals surface area contributed by atoms with Gasteiger partial charge in [-0.05, 0) is 91.3 Å². The SMILES string of the molecule is CCCCC(CC)OC(=O)CCCCCCCOCC(COCCOCCOCCOCCOC(=O)C1(C)CCN(C)CC1)OCCCCCCCC(=O)OC(CC)CCCC. The molecule has 1 saturated heterocycles. The minimum Gasteiger partial charge on any atom is -0.463 e. The molecule has 0 bridgehead atoms. The highest BCUT2D eigenvalue weighted by Gasteiger charge is 2.37. The van der Waals surface area contributed by atoms with E-state index in [1.54, 1.807) is 0 Å². The molecule has 0 saturated carbocycles. The first-order valence-corrected chi connectivity index (χ1v) is 24.9. The summed E-state index contributed by atoms with van der Waals surface area (Å²) in [5.41, 5.74) is -0.396. The zero-order valence-electron chi connectivity index (χ0n) is 40.5. The largest absolute Gasteiger partial charge is 0.463 e. The van der Waals surface area contributed by atoms with Crippen molar-refractivity contribution in [2.45, 2.75) is 194 Å². The first kappa shape index (κ1) is 58.1. The second kappa shape index (κ2) is 40.6. The van der Waals surface area contributed by atoms with Crippen molar-refractivity contribution in [3.8, 4) is 0 Å². The second-order valence-electron chi connectivity index (χ2n) is 17.3. The molecule has 13 heteroatoms. The summed E-state index contributed by atoms with van der Waals surface area (Å²) in [6, 6.07) is 0. The topological polar surface area (TPSA) is 138 Å². The van der Waals surface area contributed by atoms with E-state index < -0.39 is 5.41 Å². The fraction of sp³-hybridized carbons (Fsp3) is 0.939. The maximum atomic E-state index is 12.5. The molecule has 1 fully saturated rings. The summed E-state index contributed by atoms with van der Waals surface area (Å²) in [7, 11) is 2.08. The van der Waals surface area contributed by atoms with E-state index in [2.05, 4.69) is 39.6 Å². The Morgan fingerprint density at radius 1 is 0.500 bits per heavy atom. The van der Waals surface area contributed by atoms with E-state index in [1.807, 2.05) is 6.92 Å². The van der Waals surface area contributed by atoms with Crippen LogP contribution in [0.25, 0.3) is 0 Å². The summed E-state index contributed by atoms with van der Waals surface area (Å²) in [4.78, 5) is 39.2. The maximum Gasteiger partial charge on any atom is 0.311 e. The monoisotopic (exact) mass is 888 g/mol. The first-order valence-electron chi connectivity index (χ1n) is 24.9. The highest BCUT2D eigenvalue weighted by atomic mass is 16.6. The Hall–Kier alpha value is -1.87. The van der Waals surface area contributed by atoms with Gasteiger partial charge in [-0.1, -0.05) is 91.9 Å². The third kappa shape index (κ3) is 32.7. The minimum atomic E-state index is -0.396. The Morgan fingerprint density at radius 2 is 0.919 bits per heavy atom. The lowest BCUT2D eigenvalue weighted by atomic mass is 9.80. The lowest BCUT2D eigenvalue weighted by Crippen LogP contribution is -2.42. The molecule has 366 valence electrons. The fourth-order valence-electron chi connectivity index (χ4n) is 7.12. The van der Waals surface area contributed by atoms with E-state index >= 15 is 0 Å². The van der Waals surface area contributed by atoms with Crippen LogP contribution in [0.2, 0.25) is 0 Å². The molecule has 0 aromatic rings. The Labute approximate surface area is 378 Å². The highest BCUT2D eigenvalue weighted by molar-refractivity contribution is 5.76. The third-order valence-corrected chi connectivity index (χ3v) is 11.6. The molecule has 0 aromatic carbocycles. The van der Waals surface area contributed by atoms with E-state index in [1.165, 1.54) is 0 Å². The summed E-state index contributed by atoms with van der Waals surface area (Å²) in [6.07, 6.45) is 20.6. The van der Waals surface area contributed by atoms with Crippen LogP contribution in [-0.4, -0.2) is 141 Å². The molecule has 0 aromatic heterocycles. The van der Waals surface area contributed by atoms with Crippen molar-refractivity contribution in [2.24, 2.45) is 5.41 Å². The quantitative estimate of drug-likeness (QED) is 0.0327. The molecular weight excluding hydrogens is 795 g/mol. The number of esters is 3. The Bertz CT molecular complexity index is 1060. The Balaban J connectivity index is 2.21. The second-order valence-corrected chi connectivity index (χ2v) is 17.3. The first-order chi connectivity index (χ1) is 30.2. The lowest BCUT2D eigenvalue weighted by molar-refractivity contribution is -0.159. The van der Waals surface area contributed by atoms with Crippen LogP contribution in [0.4, 0.5) is 0 Å². The molecule has 1 rings (SSSR count). The third-order valence-electron chi connectivity index (χ3n) is 11.6. The van der Waals surface area contributed by atoms with Gasteiger partial charge < -0.3 is 47.5 Å². The van der Waals surface area contributed by atoms with E-state index in [0.29, 0.717) is 85.5 Å². The maximum absolute atomic E-state index is 12.5. The van der Waals surface area contributed by atoms with Crippen LogP contribution < -0.4 is 0 Å². The Morgan fingerprint density at radius 3 is 1.40 bits per heavy atom. The zero-order chi connectivity index (χ0) is 45.4. The molecule has 0 radical (unpaired) electrons. The van der Waals surface area contributed by atoms with Crippen LogP contribution in [-0.2, 0) is 57.0 Å². The number of ether oxygens (including phenoxy) is 9. The number of rotatable bonds is 44. The standard InChI is InChI=1S/C49H93NO12/c1-7-11-23-43(9-3)61-46(51)25-19-15-13-17-21-31-57-41-45(59-32-22-18-14-16-20-26-47(52)62-44(10-4)24-12-8-2)42-58-38-37-55-34-33-54-35-36-56-39-40-60-48(53)49(5)27-29-50(6)30-28-49/h43-45H,7-42H2,1-6H3. The van der Waals surface area contributed by atoms with E-state index in [0.717, 1.165) is 142 Å². The van der Waals surface area contributed by atoms with Crippen LogP contribution in [0.3, 0.4) is 0 Å². The number of likely N-dealkylation sites (tertiary alicyclic amines) is 1. The van der Waals surface area contributed by atoms with Crippen molar-refractivity contribution < 1.29 is 57.0 Å². The number of hydrogen-bond donors (Lipinski definition) is 0. The van der Waals surface area contributed by atoms with Gasteiger partial charge in [-0.2, -0.15) is 0 Å². The van der Waals surface area contributed by atoms with Crippen LogP contribution in [0.5, 0.6) is 0 Å². The predicted octanol–water partition coefficient (Wildman–Crippen LogP) is 9.43. The number of unbranched alkanes of at least 4 members (excludes halogenated alkanes) is 10. The van der Waals surface area contributed by atoms with E-state index in [-0.39, 0.29) is 42.8 Å².